The Morgan fingerprint density at radius 1 is 1.19 bits per heavy atom. The van der Waals surface area contributed by atoms with E-state index in [1.165, 1.54) is 6.21 Å². The highest BCUT2D eigenvalue weighted by molar-refractivity contribution is 9.10. The fourth-order valence-corrected chi connectivity index (χ4v) is 2.75. The summed E-state index contributed by atoms with van der Waals surface area (Å²) in [5.41, 5.74) is 4.20. The number of hydrogen-bond donors (Lipinski definition) is 1. The smallest absolute Gasteiger partial charge is 0.277 e. The van der Waals surface area contributed by atoms with Crippen LogP contribution < -0.4 is 14.9 Å². The fraction of sp³-hybridized carbons (Fsp3) is 0.300. The molecule has 0 radical (unpaired) electrons. The zero-order valence-electron chi connectivity index (χ0n) is 15.4. The molecule has 6 heteroatoms. The monoisotopic (exact) mass is 418 g/mol. The number of nitrogens with zero attached hydrogens (tertiary/aromatic N) is 1. The Morgan fingerprint density at radius 3 is 2.62 bits per heavy atom. The van der Waals surface area contributed by atoms with Crippen LogP contribution in [0.25, 0.3) is 0 Å². The van der Waals surface area contributed by atoms with Crippen LogP contribution in [0.2, 0.25) is 0 Å². The molecule has 0 saturated heterocycles. The lowest BCUT2D eigenvalue weighted by Crippen LogP contribution is -2.25. The molecule has 5 nitrogen and oxygen atoms in total. The van der Waals surface area contributed by atoms with Crippen molar-refractivity contribution in [3.05, 3.63) is 58.1 Å². The van der Waals surface area contributed by atoms with Gasteiger partial charge >= 0.3 is 0 Å². The predicted molar refractivity (Wildman–Crippen MR) is 107 cm³/mol. The van der Waals surface area contributed by atoms with Crippen molar-refractivity contribution in [2.75, 3.05) is 13.7 Å². The van der Waals surface area contributed by atoms with Gasteiger partial charge in [-0.25, -0.2) is 5.43 Å². The van der Waals surface area contributed by atoms with Crippen LogP contribution in [0.5, 0.6) is 11.5 Å². The molecule has 0 fully saturated rings. The number of benzene rings is 2. The first-order valence-corrected chi connectivity index (χ1v) is 8.98. The molecule has 1 amide bonds. The maximum atomic E-state index is 12.0. The Bertz CT molecular complexity index is 798. The molecule has 0 bridgehead atoms. The number of hydrazone groups is 1. The summed E-state index contributed by atoms with van der Waals surface area (Å²) in [6, 6.07) is 13.3. The third kappa shape index (κ3) is 5.59. The van der Waals surface area contributed by atoms with Crippen molar-refractivity contribution in [1.29, 1.82) is 0 Å². The standard InChI is InChI=1S/C20H23BrN2O3/c1-20(2,3)16-7-5-6-8-18(16)26-13-19(24)23-22-12-14-11-15(21)9-10-17(14)25-4/h5-12H,13H2,1-4H3,(H,23,24)/b22-12-. The van der Waals surface area contributed by atoms with E-state index in [4.69, 9.17) is 9.47 Å². The highest BCUT2D eigenvalue weighted by atomic mass is 79.9. The quantitative estimate of drug-likeness (QED) is 0.562. The number of carbonyl (C=O) groups excluding carboxylic acids is 1. The van der Waals surface area contributed by atoms with Crippen LogP contribution in [-0.2, 0) is 10.2 Å². The molecule has 0 saturated carbocycles. The molecule has 0 heterocycles. The van der Waals surface area contributed by atoms with Crippen molar-refractivity contribution in [2.45, 2.75) is 26.2 Å². The molecule has 0 unspecified atom stereocenters. The lowest BCUT2D eigenvalue weighted by atomic mass is 9.86. The van der Waals surface area contributed by atoms with E-state index < -0.39 is 0 Å². The molecular formula is C20H23BrN2O3. The number of amides is 1. The highest BCUT2D eigenvalue weighted by Crippen LogP contribution is 2.30. The number of carbonyl (C=O) groups is 1. The second kappa shape index (κ2) is 8.85. The van der Waals surface area contributed by atoms with E-state index in [2.05, 4.69) is 47.2 Å². The minimum absolute atomic E-state index is 0.0670. The van der Waals surface area contributed by atoms with E-state index in [0.29, 0.717) is 11.5 Å². The van der Waals surface area contributed by atoms with Crippen molar-refractivity contribution < 1.29 is 14.3 Å². The first kappa shape index (κ1) is 20.0. The SMILES string of the molecule is COc1ccc(Br)cc1/C=N\NC(=O)COc1ccccc1C(C)(C)C. The molecule has 26 heavy (non-hydrogen) atoms. The summed E-state index contributed by atoms with van der Waals surface area (Å²) in [6.45, 7) is 6.20. The maximum Gasteiger partial charge on any atom is 0.277 e. The van der Waals surface area contributed by atoms with Crippen LogP contribution in [-0.4, -0.2) is 25.8 Å². The molecule has 0 atom stereocenters. The number of methoxy groups -OCH3 is 1. The van der Waals surface area contributed by atoms with Crippen LogP contribution in [0, 0.1) is 0 Å². The van der Waals surface area contributed by atoms with Gasteiger partial charge in [0.15, 0.2) is 6.61 Å². The molecule has 0 spiro atoms. The Hall–Kier alpha value is -2.34. The third-order valence-electron chi connectivity index (χ3n) is 3.64. The summed E-state index contributed by atoms with van der Waals surface area (Å²) in [7, 11) is 1.58. The molecule has 138 valence electrons. The summed E-state index contributed by atoms with van der Waals surface area (Å²) < 4.78 is 11.8. The summed E-state index contributed by atoms with van der Waals surface area (Å²) >= 11 is 3.40. The van der Waals surface area contributed by atoms with Crippen molar-refractivity contribution >= 4 is 28.1 Å². The summed E-state index contributed by atoms with van der Waals surface area (Å²) in [5, 5.41) is 3.97. The predicted octanol–water partition coefficient (Wildman–Crippen LogP) is 4.28. The third-order valence-corrected chi connectivity index (χ3v) is 4.13. The highest BCUT2D eigenvalue weighted by Gasteiger charge is 2.18. The Kier molecular flexibility index (Phi) is 6.80. The first-order valence-electron chi connectivity index (χ1n) is 8.19. The largest absolute Gasteiger partial charge is 0.496 e. The molecule has 2 rings (SSSR count). The Morgan fingerprint density at radius 2 is 1.92 bits per heavy atom. The lowest BCUT2D eigenvalue weighted by Gasteiger charge is -2.22. The number of para-hydroxylation sites is 1. The van der Waals surface area contributed by atoms with E-state index in [1.54, 1.807) is 7.11 Å². The second-order valence-corrected chi connectivity index (χ2v) is 7.63. The van der Waals surface area contributed by atoms with Crippen molar-refractivity contribution in [1.82, 2.24) is 5.43 Å². The average molecular weight is 419 g/mol. The van der Waals surface area contributed by atoms with Gasteiger partial charge in [-0.1, -0.05) is 54.9 Å². The van der Waals surface area contributed by atoms with Gasteiger partial charge in [-0.05, 0) is 35.2 Å². The van der Waals surface area contributed by atoms with Gasteiger partial charge in [0.05, 0.1) is 13.3 Å². The number of nitrogens with one attached hydrogen (secondary N) is 1. The van der Waals surface area contributed by atoms with Crippen LogP contribution in [0.4, 0.5) is 0 Å². The van der Waals surface area contributed by atoms with Crippen molar-refractivity contribution in [3.63, 3.8) is 0 Å². The van der Waals surface area contributed by atoms with Gasteiger partial charge in [0, 0.05) is 10.0 Å². The number of hydrogen-bond acceptors (Lipinski definition) is 4. The molecule has 1 N–H and O–H groups in total. The van der Waals surface area contributed by atoms with Crippen LogP contribution in [0.3, 0.4) is 0 Å². The Balaban J connectivity index is 1.96. The fourth-order valence-electron chi connectivity index (χ4n) is 2.37. The van der Waals surface area contributed by atoms with Crippen molar-refractivity contribution in [2.24, 2.45) is 5.10 Å². The number of halogens is 1. The second-order valence-electron chi connectivity index (χ2n) is 6.71. The summed E-state index contributed by atoms with van der Waals surface area (Å²) in [6.07, 6.45) is 1.53. The maximum absolute atomic E-state index is 12.0. The van der Waals surface area contributed by atoms with Gasteiger partial charge in [-0.2, -0.15) is 5.10 Å². The Labute approximate surface area is 162 Å². The van der Waals surface area contributed by atoms with Crippen LogP contribution in [0.15, 0.2) is 52.0 Å². The molecule has 0 aliphatic carbocycles. The minimum atomic E-state index is -0.334. The van der Waals surface area contributed by atoms with E-state index in [-0.39, 0.29) is 17.9 Å². The zero-order valence-corrected chi connectivity index (χ0v) is 17.0. The van der Waals surface area contributed by atoms with Gasteiger partial charge in [0.2, 0.25) is 0 Å². The van der Waals surface area contributed by atoms with Gasteiger partial charge in [0.1, 0.15) is 11.5 Å². The molecule has 2 aromatic rings. The minimum Gasteiger partial charge on any atom is -0.496 e. The molecule has 0 aromatic heterocycles. The van der Waals surface area contributed by atoms with Gasteiger partial charge < -0.3 is 9.47 Å². The topological polar surface area (TPSA) is 59.9 Å². The number of rotatable bonds is 6. The van der Waals surface area contributed by atoms with Gasteiger partial charge in [0.25, 0.3) is 5.91 Å². The van der Waals surface area contributed by atoms with E-state index in [9.17, 15) is 4.79 Å². The van der Waals surface area contributed by atoms with Gasteiger partial charge in [-0.3, -0.25) is 4.79 Å². The van der Waals surface area contributed by atoms with E-state index >= 15 is 0 Å². The molecular weight excluding hydrogens is 396 g/mol. The molecule has 0 aliphatic rings. The number of ether oxygens (including phenoxy) is 2. The van der Waals surface area contributed by atoms with E-state index in [0.717, 1.165) is 15.6 Å². The van der Waals surface area contributed by atoms with Crippen molar-refractivity contribution in [3.8, 4) is 11.5 Å². The average Bonchev–Trinajstić information content (AvgIpc) is 2.59. The summed E-state index contributed by atoms with van der Waals surface area (Å²) in [5.74, 6) is 1.04. The zero-order chi connectivity index (χ0) is 19.2. The van der Waals surface area contributed by atoms with Crippen LogP contribution >= 0.6 is 15.9 Å². The van der Waals surface area contributed by atoms with Gasteiger partial charge in [-0.15, -0.1) is 0 Å². The first-order chi connectivity index (χ1) is 12.3. The molecule has 2 aromatic carbocycles. The molecule has 0 aliphatic heterocycles. The normalized spacial score (nSPS) is 11.4. The summed E-state index contributed by atoms with van der Waals surface area (Å²) in [4.78, 5) is 12.0. The lowest BCUT2D eigenvalue weighted by molar-refractivity contribution is -0.123. The van der Waals surface area contributed by atoms with E-state index in [1.807, 2.05) is 42.5 Å². The van der Waals surface area contributed by atoms with Crippen LogP contribution in [0.1, 0.15) is 31.9 Å².